The average Bonchev–Trinajstić information content (AvgIpc) is 2.72. The fraction of sp³-hybridized carbons (Fsp3) is 0.100. The highest BCUT2D eigenvalue weighted by molar-refractivity contribution is 7.51. The van der Waals surface area contributed by atoms with Gasteiger partial charge in [-0.05, 0) is 24.3 Å². The van der Waals surface area contributed by atoms with Gasteiger partial charge in [0.25, 0.3) is 0 Å². The monoisotopic (exact) mass is 390 g/mol. The predicted molar refractivity (Wildman–Crippen MR) is 106 cm³/mol. The van der Waals surface area contributed by atoms with Crippen LogP contribution < -0.4 is 0 Å². The van der Waals surface area contributed by atoms with Crippen LogP contribution in [0.5, 0.6) is 0 Å². The van der Waals surface area contributed by atoms with Gasteiger partial charge in [0.15, 0.2) is 0 Å². The quantitative estimate of drug-likeness (QED) is 0.557. The fourth-order valence-corrected chi connectivity index (χ4v) is 1.58. The maximum atomic E-state index is 11.1. The summed E-state index contributed by atoms with van der Waals surface area (Å²) in [6.07, 6.45) is 3.08. The summed E-state index contributed by atoms with van der Waals surface area (Å²) in [4.78, 5) is 22.3. The first-order chi connectivity index (χ1) is 13.1. The zero-order chi connectivity index (χ0) is 20.3. The lowest BCUT2D eigenvalue weighted by Crippen LogP contribution is -2.04. The highest BCUT2D eigenvalue weighted by atomic mass is 32.1. The van der Waals surface area contributed by atoms with Crippen molar-refractivity contribution in [3.63, 3.8) is 0 Å². The maximum Gasteiger partial charge on any atom is 0.338 e. The van der Waals surface area contributed by atoms with E-state index in [4.69, 9.17) is 17.9 Å². The average molecular weight is 390 g/mol. The Balaban J connectivity index is 0.000000438. The molecular weight excluding hydrogens is 368 g/mol. The highest BCUT2D eigenvalue weighted by Crippen LogP contribution is 2.01. The molecule has 0 N–H and O–H groups in total. The Morgan fingerprint density at radius 2 is 1.04 bits per heavy atom. The molecule has 0 heterocycles. The molecule has 0 aliphatic carbocycles. The number of hydrogen-bond donors (Lipinski definition) is 0. The third-order valence-corrected chi connectivity index (χ3v) is 2.68. The zero-order valence-electron chi connectivity index (χ0n) is 14.7. The van der Waals surface area contributed by atoms with Crippen molar-refractivity contribution < 1.29 is 27.5 Å². The lowest BCUT2D eigenvalue weighted by atomic mass is 10.2. The molecule has 0 fully saturated rings. The van der Waals surface area contributed by atoms with E-state index in [1.54, 1.807) is 60.7 Å². The highest BCUT2D eigenvalue weighted by Gasteiger charge is 2.03. The topological polar surface area (TPSA) is 86.7 Å². The van der Waals surface area contributed by atoms with Crippen molar-refractivity contribution in [3.05, 3.63) is 97.1 Å². The van der Waals surface area contributed by atoms with E-state index in [1.807, 2.05) is 12.1 Å². The molecule has 2 rings (SSSR count). The minimum Gasteiger partial charge on any atom is -0.458 e. The minimum absolute atomic E-state index is 0.258. The van der Waals surface area contributed by atoms with Crippen molar-refractivity contribution in [1.82, 2.24) is 0 Å². The second-order valence-electron chi connectivity index (χ2n) is 4.59. The van der Waals surface area contributed by atoms with Gasteiger partial charge in [-0.15, -0.1) is 0 Å². The molecule has 2 aromatic rings. The van der Waals surface area contributed by atoms with E-state index >= 15 is 0 Å². The van der Waals surface area contributed by atoms with E-state index in [-0.39, 0.29) is 25.2 Å². The van der Waals surface area contributed by atoms with Crippen molar-refractivity contribution in [1.29, 1.82) is 0 Å². The Labute approximate surface area is 161 Å². The number of esters is 2. The van der Waals surface area contributed by atoms with Gasteiger partial charge in [-0.2, -0.15) is 0 Å². The molecule has 7 heteroatoms. The Morgan fingerprint density at radius 1 is 0.741 bits per heavy atom. The molecule has 0 aliphatic rings. The molecule has 2 aromatic carbocycles. The molecule has 6 nitrogen and oxygen atoms in total. The molecule has 0 aliphatic heterocycles. The van der Waals surface area contributed by atoms with Gasteiger partial charge in [0.1, 0.15) is 24.8 Å². The second kappa shape index (κ2) is 16.3. The molecule has 0 aromatic heterocycles. The van der Waals surface area contributed by atoms with Gasteiger partial charge in [-0.25, -0.2) is 18.0 Å². The second-order valence-corrected chi connectivity index (χ2v) is 4.76. The van der Waals surface area contributed by atoms with E-state index < -0.39 is 11.6 Å². The van der Waals surface area contributed by atoms with Crippen LogP contribution >= 0.6 is 0 Å². The smallest absolute Gasteiger partial charge is 0.338 e. The number of hydrogen-bond acceptors (Lipinski definition) is 6. The van der Waals surface area contributed by atoms with E-state index in [9.17, 15) is 9.59 Å². The number of benzene rings is 2. The van der Waals surface area contributed by atoms with Gasteiger partial charge in [0, 0.05) is 0 Å². The van der Waals surface area contributed by atoms with Gasteiger partial charge < -0.3 is 9.47 Å². The number of rotatable bonds is 6. The van der Waals surface area contributed by atoms with Crippen LogP contribution in [0.3, 0.4) is 0 Å². The van der Waals surface area contributed by atoms with Crippen LogP contribution in [0.15, 0.2) is 86.0 Å². The van der Waals surface area contributed by atoms with E-state index in [0.717, 1.165) is 0 Å². The lowest BCUT2D eigenvalue weighted by molar-refractivity contribution is 0.0540. The molecule has 0 saturated heterocycles. The lowest BCUT2D eigenvalue weighted by Gasteiger charge is -1.99. The van der Waals surface area contributed by atoms with Crippen molar-refractivity contribution in [2.45, 2.75) is 0 Å². The van der Waals surface area contributed by atoms with Crippen molar-refractivity contribution >= 4 is 23.5 Å². The van der Waals surface area contributed by atoms with E-state index in [1.165, 1.54) is 0 Å². The Hall–Kier alpha value is -3.19. The van der Waals surface area contributed by atoms with Gasteiger partial charge in [0.2, 0.25) is 0 Å². The Bertz CT molecular complexity index is 678. The summed E-state index contributed by atoms with van der Waals surface area (Å²) >= 11 is -1.42. The molecule has 0 amide bonds. The Morgan fingerprint density at radius 3 is 1.30 bits per heavy atom. The molecule has 27 heavy (non-hydrogen) atoms. The molecule has 0 bridgehead atoms. The SMILES string of the molecule is C=CCOC(=O)c1ccccc1.C=CCOC(=O)c1ccccc1.O=[SH2]=O. The normalized spacial score (nSPS) is 8.59. The first-order valence-corrected chi connectivity index (χ1v) is 8.57. The molecule has 0 unspecified atom stereocenters. The van der Waals surface area contributed by atoms with Crippen LogP contribution in [-0.4, -0.2) is 33.6 Å². The summed E-state index contributed by atoms with van der Waals surface area (Å²) < 4.78 is 26.4. The van der Waals surface area contributed by atoms with Crippen LogP contribution in [0.4, 0.5) is 0 Å². The van der Waals surface area contributed by atoms with Crippen LogP contribution in [0.25, 0.3) is 0 Å². The summed E-state index contributed by atoms with van der Waals surface area (Å²) in [5.74, 6) is -0.619. The van der Waals surface area contributed by atoms with Crippen molar-refractivity contribution in [3.8, 4) is 0 Å². The van der Waals surface area contributed by atoms with Crippen LogP contribution in [-0.2, 0) is 21.0 Å². The molecule has 0 saturated carbocycles. The first kappa shape index (κ1) is 23.8. The first-order valence-electron chi connectivity index (χ1n) is 7.76. The maximum absolute atomic E-state index is 11.1. The summed E-state index contributed by atoms with van der Waals surface area (Å²) in [5.41, 5.74) is 1.14. The number of carbonyl (C=O) groups is 2. The summed E-state index contributed by atoms with van der Waals surface area (Å²) in [7, 11) is 0. The van der Waals surface area contributed by atoms with Gasteiger partial charge >= 0.3 is 11.9 Å². The molecule has 0 spiro atoms. The van der Waals surface area contributed by atoms with Gasteiger partial charge in [-0.1, -0.05) is 61.7 Å². The van der Waals surface area contributed by atoms with Crippen LogP contribution in [0, 0.1) is 0 Å². The number of ether oxygens (including phenoxy) is 2. The Kier molecular flexibility index (Phi) is 14.4. The number of carbonyl (C=O) groups excluding carboxylic acids is 2. The molecule has 0 radical (unpaired) electrons. The summed E-state index contributed by atoms with van der Waals surface area (Å²) in [6.45, 7) is 7.41. The minimum atomic E-state index is -1.42. The van der Waals surface area contributed by atoms with Crippen molar-refractivity contribution in [2.24, 2.45) is 0 Å². The largest absolute Gasteiger partial charge is 0.458 e. The fourth-order valence-electron chi connectivity index (χ4n) is 1.58. The predicted octanol–water partition coefficient (Wildman–Crippen LogP) is 2.85. The van der Waals surface area contributed by atoms with Gasteiger partial charge in [-0.3, -0.25) is 0 Å². The standard InChI is InChI=1S/2C10H10O2.H2O2S/c2*1-2-8-12-10(11)9-6-4-3-5-7-9;1-3-2/h2*2-7H,1,8H2;3H2. The third-order valence-electron chi connectivity index (χ3n) is 2.68. The molecule has 144 valence electrons. The van der Waals surface area contributed by atoms with Gasteiger partial charge in [0.05, 0.1) is 11.1 Å². The molecule has 0 atom stereocenters. The van der Waals surface area contributed by atoms with E-state index in [0.29, 0.717) is 11.1 Å². The van der Waals surface area contributed by atoms with Crippen LogP contribution in [0.1, 0.15) is 20.7 Å². The van der Waals surface area contributed by atoms with E-state index in [2.05, 4.69) is 13.2 Å². The molecular formula is C20H22O6S. The summed E-state index contributed by atoms with van der Waals surface area (Å²) in [6, 6.07) is 17.7. The van der Waals surface area contributed by atoms with Crippen LogP contribution in [0.2, 0.25) is 0 Å². The van der Waals surface area contributed by atoms with Crippen molar-refractivity contribution in [2.75, 3.05) is 13.2 Å². The third kappa shape index (κ3) is 11.9. The summed E-state index contributed by atoms with van der Waals surface area (Å²) in [5, 5.41) is 0. The zero-order valence-corrected chi connectivity index (χ0v) is 15.7.